The normalized spacial score (nSPS) is 19.0. The number of hydrogen-bond donors (Lipinski definition) is 1. The fourth-order valence-electron chi connectivity index (χ4n) is 1.91. The highest BCUT2D eigenvalue weighted by Crippen LogP contribution is 2.23. The molecule has 1 atom stereocenters. The monoisotopic (exact) mass is 337 g/mol. The molecule has 5 nitrogen and oxygen atoms in total. The lowest BCUT2D eigenvalue weighted by Gasteiger charge is -2.31. The zero-order valence-electron chi connectivity index (χ0n) is 10.8. The van der Waals surface area contributed by atoms with Crippen molar-refractivity contribution >= 4 is 35.4 Å². The molecule has 1 aromatic heterocycles. The average Bonchev–Trinajstić information content (AvgIpc) is 2.93. The van der Waals surface area contributed by atoms with Gasteiger partial charge in [0.25, 0.3) is 11.7 Å². The van der Waals surface area contributed by atoms with E-state index in [0.29, 0.717) is 29.8 Å². The Morgan fingerprint density at radius 1 is 1.52 bits per heavy atom. The molecule has 0 aromatic carbocycles. The molecule has 21 heavy (non-hydrogen) atoms. The SMILES string of the molecule is O=C(O)C1CSCCN1C(=O)c1ccc(CSC(F)F)o1. The summed E-state index contributed by atoms with van der Waals surface area (Å²) in [5.74, 6) is -2.89. The molecule has 0 bridgehead atoms. The number of alkyl halides is 2. The van der Waals surface area contributed by atoms with Crippen LogP contribution in [0.3, 0.4) is 0 Å². The molecule has 1 amide bonds. The maximum absolute atomic E-state index is 12.3. The predicted molar refractivity (Wildman–Crippen MR) is 75.8 cm³/mol. The number of rotatable bonds is 5. The summed E-state index contributed by atoms with van der Waals surface area (Å²) in [4.78, 5) is 24.7. The molecule has 1 fully saturated rings. The summed E-state index contributed by atoms with van der Waals surface area (Å²) in [6.07, 6.45) is 0. The quantitative estimate of drug-likeness (QED) is 0.889. The van der Waals surface area contributed by atoms with Crippen molar-refractivity contribution < 1.29 is 27.9 Å². The lowest BCUT2D eigenvalue weighted by atomic mass is 10.2. The van der Waals surface area contributed by atoms with Crippen LogP contribution in [0.1, 0.15) is 16.3 Å². The third-order valence-electron chi connectivity index (χ3n) is 2.90. The molecule has 116 valence electrons. The second-order valence-corrected chi connectivity index (χ2v) is 6.39. The molecule has 1 N–H and O–H groups in total. The number of furan rings is 1. The van der Waals surface area contributed by atoms with Crippen LogP contribution in [0, 0.1) is 0 Å². The number of thioether (sulfide) groups is 2. The number of amides is 1. The molecule has 0 radical (unpaired) electrons. The molecule has 1 aliphatic heterocycles. The first-order chi connectivity index (χ1) is 9.99. The molecule has 1 aliphatic rings. The maximum atomic E-state index is 12.3. The van der Waals surface area contributed by atoms with E-state index < -0.39 is 23.7 Å². The minimum Gasteiger partial charge on any atom is -0.480 e. The van der Waals surface area contributed by atoms with Crippen LogP contribution in [0.2, 0.25) is 0 Å². The van der Waals surface area contributed by atoms with Gasteiger partial charge in [-0.1, -0.05) is 11.8 Å². The summed E-state index contributed by atoms with van der Waals surface area (Å²) < 4.78 is 29.4. The second kappa shape index (κ2) is 7.17. The standard InChI is InChI=1S/C12H13F2NO4S2/c13-12(14)21-5-7-1-2-9(19-7)10(16)15-3-4-20-6-8(15)11(17)18/h1-2,8,12H,3-6H2,(H,17,18). The lowest BCUT2D eigenvalue weighted by molar-refractivity contribution is -0.141. The van der Waals surface area contributed by atoms with Crippen molar-refractivity contribution in [3.63, 3.8) is 0 Å². The van der Waals surface area contributed by atoms with Crippen LogP contribution < -0.4 is 0 Å². The van der Waals surface area contributed by atoms with Crippen LogP contribution in [0.4, 0.5) is 8.78 Å². The Kier molecular flexibility index (Phi) is 5.51. The van der Waals surface area contributed by atoms with Gasteiger partial charge in [0, 0.05) is 18.1 Å². The van der Waals surface area contributed by atoms with E-state index in [1.165, 1.54) is 28.8 Å². The number of carbonyl (C=O) groups excluding carboxylic acids is 1. The Bertz CT molecular complexity index is 523. The summed E-state index contributed by atoms with van der Waals surface area (Å²) in [6.45, 7) is 0.322. The zero-order valence-corrected chi connectivity index (χ0v) is 12.5. The van der Waals surface area contributed by atoms with E-state index in [-0.39, 0.29) is 17.3 Å². The molecular weight excluding hydrogens is 324 g/mol. The molecule has 2 heterocycles. The van der Waals surface area contributed by atoms with Gasteiger partial charge < -0.3 is 14.4 Å². The summed E-state index contributed by atoms with van der Waals surface area (Å²) in [7, 11) is 0. The Hall–Kier alpha value is -1.22. The maximum Gasteiger partial charge on any atom is 0.327 e. The predicted octanol–water partition coefficient (Wildman–Crippen LogP) is 2.38. The van der Waals surface area contributed by atoms with E-state index in [1.807, 2.05) is 0 Å². The van der Waals surface area contributed by atoms with Gasteiger partial charge in [-0.2, -0.15) is 20.5 Å². The van der Waals surface area contributed by atoms with Gasteiger partial charge >= 0.3 is 5.97 Å². The second-order valence-electron chi connectivity index (χ2n) is 4.27. The molecule has 0 saturated carbocycles. The third kappa shape index (κ3) is 4.13. The van der Waals surface area contributed by atoms with Crippen molar-refractivity contribution in [3.05, 3.63) is 23.7 Å². The van der Waals surface area contributed by atoms with Gasteiger partial charge in [-0.25, -0.2) is 4.79 Å². The summed E-state index contributed by atoms with van der Waals surface area (Å²) in [5.41, 5.74) is 0. The average molecular weight is 337 g/mol. The van der Waals surface area contributed by atoms with Crippen LogP contribution in [-0.4, -0.2) is 51.7 Å². The van der Waals surface area contributed by atoms with Gasteiger partial charge in [-0.3, -0.25) is 4.79 Å². The summed E-state index contributed by atoms with van der Waals surface area (Å²) in [5, 5.41) is 9.13. The fourth-order valence-corrected chi connectivity index (χ4v) is 3.39. The van der Waals surface area contributed by atoms with Crippen molar-refractivity contribution in [2.75, 3.05) is 18.1 Å². The highest BCUT2D eigenvalue weighted by atomic mass is 32.2. The van der Waals surface area contributed by atoms with Crippen molar-refractivity contribution in [1.29, 1.82) is 0 Å². The first-order valence-corrected chi connectivity index (χ1v) is 8.29. The Balaban J connectivity index is 2.06. The third-order valence-corrected chi connectivity index (χ3v) is 4.62. The molecule has 1 aromatic rings. The molecule has 1 saturated heterocycles. The first kappa shape index (κ1) is 16.2. The Morgan fingerprint density at radius 2 is 2.29 bits per heavy atom. The number of carboxylic acids is 1. The van der Waals surface area contributed by atoms with Gasteiger partial charge in [-0.15, -0.1) is 0 Å². The lowest BCUT2D eigenvalue weighted by Crippen LogP contribution is -2.50. The number of nitrogens with zero attached hydrogens (tertiary/aromatic N) is 1. The molecule has 2 rings (SSSR count). The number of aliphatic carboxylic acids is 1. The summed E-state index contributed by atoms with van der Waals surface area (Å²) >= 11 is 1.87. The van der Waals surface area contributed by atoms with Crippen LogP contribution in [-0.2, 0) is 10.5 Å². The van der Waals surface area contributed by atoms with Crippen molar-refractivity contribution in [2.45, 2.75) is 17.6 Å². The van der Waals surface area contributed by atoms with Gasteiger partial charge in [0.15, 0.2) is 5.76 Å². The highest BCUT2D eigenvalue weighted by Gasteiger charge is 2.34. The molecule has 1 unspecified atom stereocenters. The van der Waals surface area contributed by atoms with Crippen LogP contribution in [0.5, 0.6) is 0 Å². The van der Waals surface area contributed by atoms with E-state index in [4.69, 9.17) is 9.52 Å². The minimum absolute atomic E-state index is 0.0157. The molecule has 0 spiro atoms. The van der Waals surface area contributed by atoms with Gasteiger partial charge in [0.1, 0.15) is 11.8 Å². The van der Waals surface area contributed by atoms with E-state index in [2.05, 4.69) is 0 Å². The Labute approximate surface area is 128 Å². The van der Waals surface area contributed by atoms with E-state index in [0.717, 1.165) is 0 Å². The van der Waals surface area contributed by atoms with E-state index in [9.17, 15) is 18.4 Å². The van der Waals surface area contributed by atoms with Gasteiger partial charge in [0.2, 0.25) is 0 Å². The van der Waals surface area contributed by atoms with Crippen molar-refractivity contribution in [1.82, 2.24) is 4.90 Å². The zero-order chi connectivity index (χ0) is 15.4. The number of halogens is 2. The highest BCUT2D eigenvalue weighted by molar-refractivity contribution is 7.99. The van der Waals surface area contributed by atoms with Crippen LogP contribution in [0.25, 0.3) is 0 Å². The molecular formula is C12H13F2NO4S2. The van der Waals surface area contributed by atoms with Crippen LogP contribution >= 0.6 is 23.5 Å². The van der Waals surface area contributed by atoms with Gasteiger partial charge in [0.05, 0.1) is 5.75 Å². The van der Waals surface area contributed by atoms with E-state index in [1.54, 1.807) is 0 Å². The topological polar surface area (TPSA) is 70.8 Å². The summed E-state index contributed by atoms with van der Waals surface area (Å²) in [6, 6.07) is 1.96. The molecule has 0 aliphatic carbocycles. The van der Waals surface area contributed by atoms with Crippen LogP contribution in [0.15, 0.2) is 16.5 Å². The van der Waals surface area contributed by atoms with Gasteiger partial charge in [-0.05, 0) is 12.1 Å². The van der Waals surface area contributed by atoms with E-state index >= 15 is 0 Å². The fraction of sp³-hybridized carbons (Fsp3) is 0.500. The first-order valence-electron chi connectivity index (χ1n) is 6.09. The number of carboxylic acid groups (broad SMARTS) is 1. The minimum atomic E-state index is -2.51. The molecule has 9 heteroatoms. The Morgan fingerprint density at radius 3 is 2.95 bits per heavy atom. The number of carbonyl (C=O) groups is 2. The smallest absolute Gasteiger partial charge is 0.327 e. The number of hydrogen-bond acceptors (Lipinski definition) is 5. The van der Waals surface area contributed by atoms with Crippen molar-refractivity contribution in [3.8, 4) is 0 Å². The van der Waals surface area contributed by atoms with Crippen molar-refractivity contribution in [2.24, 2.45) is 0 Å². The largest absolute Gasteiger partial charge is 0.480 e.